The lowest BCUT2D eigenvalue weighted by Crippen LogP contribution is -1.79. The highest BCUT2D eigenvalue weighted by atomic mass is 35.5. The zero-order chi connectivity index (χ0) is 11.9. The van der Waals surface area contributed by atoms with E-state index in [0.29, 0.717) is 0 Å². The van der Waals surface area contributed by atoms with Crippen LogP contribution in [0.4, 0.5) is 0 Å². The van der Waals surface area contributed by atoms with Gasteiger partial charge in [-0.2, -0.15) is 0 Å². The van der Waals surface area contributed by atoms with E-state index in [2.05, 4.69) is 18.8 Å². The van der Waals surface area contributed by atoms with Crippen molar-refractivity contribution in [2.45, 2.75) is 77.6 Å². The molecule has 0 fully saturated rings. The Morgan fingerprint density at radius 3 is 1.75 bits per heavy atom. The maximum absolute atomic E-state index is 5.59. The predicted octanol–water partition coefficient (Wildman–Crippen LogP) is 5.54. The molecular formula is C15H27Cl. The first-order valence-electron chi connectivity index (χ1n) is 6.93. The van der Waals surface area contributed by atoms with E-state index in [0.717, 1.165) is 31.6 Å². The van der Waals surface area contributed by atoms with Gasteiger partial charge in [-0.15, -0.1) is 23.4 Å². The molecule has 0 atom stereocenters. The molecule has 0 heterocycles. The van der Waals surface area contributed by atoms with E-state index >= 15 is 0 Å². The fraction of sp³-hybridized carbons (Fsp3) is 0.867. The number of hydrogen-bond acceptors (Lipinski definition) is 0. The van der Waals surface area contributed by atoms with Gasteiger partial charge in [0.1, 0.15) is 0 Å². The molecule has 0 amide bonds. The van der Waals surface area contributed by atoms with E-state index in [9.17, 15) is 0 Å². The van der Waals surface area contributed by atoms with Gasteiger partial charge in [0, 0.05) is 18.7 Å². The Morgan fingerprint density at radius 1 is 0.688 bits per heavy atom. The van der Waals surface area contributed by atoms with Crippen molar-refractivity contribution in [3.8, 4) is 11.8 Å². The van der Waals surface area contributed by atoms with Crippen LogP contribution in [0.25, 0.3) is 0 Å². The van der Waals surface area contributed by atoms with Crippen LogP contribution in [0.1, 0.15) is 77.6 Å². The predicted molar refractivity (Wildman–Crippen MR) is 75.0 cm³/mol. The molecule has 0 rings (SSSR count). The molecule has 0 aromatic rings. The molecule has 0 aliphatic carbocycles. The van der Waals surface area contributed by atoms with Crippen LogP contribution < -0.4 is 0 Å². The second-order valence-electron chi connectivity index (χ2n) is 4.37. The third-order valence-corrected chi connectivity index (χ3v) is 2.98. The lowest BCUT2D eigenvalue weighted by molar-refractivity contribution is 0.594. The average molecular weight is 243 g/mol. The third kappa shape index (κ3) is 13.8. The monoisotopic (exact) mass is 242 g/mol. The SMILES string of the molecule is CCCCCCCCCC#CCCCCCl. The summed E-state index contributed by atoms with van der Waals surface area (Å²) in [5.41, 5.74) is 0. The minimum absolute atomic E-state index is 0.777. The second kappa shape index (κ2) is 14.8. The molecule has 0 nitrogen and oxygen atoms in total. The number of alkyl halides is 1. The summed E-state index contributed by atoms with van der Waals surface area (Å²) in [5, 5.41) is 0. The highest BCUT2D eigenvalue weighted by Gasteiger charge is 1.89. The third-order valence-electron chi connectivity index (χ3n) is 2.72. The Bertz CT molecular complexity index is 176. The Kier molecular flexibility index (Phi) is 14.7. The Hall–Kier alpha value is -0.150. The van der Waals surface area contributed by atoms with Crippen LogP contribution in [0.15, 0.2) is 0 Å². The number of rotatable bonds is 10. The molecule has 0 aromatic heterocycles. The van der Waals surface area contributed by atoms with Crippen LogP contribution in [-0.4, -0.2) is 5.88 Å². The lowest BCUT2D eigenvalue weighted by Gasteiger charge is -1.97. The molecule has 0 saturated carbocycles. The second-order valence-corrected chi connectivity index (χ2v) is 4.75. The van der Waals surface area contributed by atoms with E-state index in [1.807, 2.05) is 0 Å². The zero-order valence-electron chi connectivity index (χ0n) is 10.9. The van der Waals surface area contributed by atoms with E-state index < -0.39 is 0 Å². The van der Waals surface area contributed by atoms with Gasteiger partial charge in [-0.1, -0.05) is 45.4 Å². The molecule has 0 radical (unpaired) electrons. The summed E-state index contributed by atoms with van der Waals surface area (Å²) in [7, 11) is 0. The molecule has 0 saturated heterocycles. The molecule has 1 heteroatoms. The van der Waals surface area contributed by atoms with Crippen molar-refractivity contribution < 1.29 is 0 Å². The molecule has 0 spiro atoms. The highest BCUT2D eigenvalue weighted by Crippen LogP contribution is 2.07. The summed E-state index contributed by atoms with van der Waals surface area (Å²) in [5.74, 6) is 7.25. The molecule has 0 N–H and O–H groups in total. The largest absolute Gasteiger partial charge is 0.127 e. The van der Waals surface area contributed by atoms with Gasteiger partial charge in [0.25, 0.3) is 0 Å². The smallest absolute Gasteiger partial charge is 0.0223 e. The van der Waals surface area contributed by atoms with Gasteiger partial charge in [-0.05, 0) is 19.3 Å². The fourth-order valence-electron chi connectivity index (χ4n) is 1.66. The first-order valence-corrected chi connectivity index (χ1v) is 7.47. The van der Waals surface area contributed by atoms with Crippen molar-refractivity contribution in [1.29, 1.82) is 0 Å². The number of unbranched alkanes of at least 4 members (excludes halogenated alkanes) is 9. The van der Waals surface area contributed by atoms with Crippen LogP contribution >= 0.6 is 11.6 Å². The Morgan fingerprint density at radius 2 is 1.19 bits per heavy atom. The van der Waals surface area contributed by atoms with E-state index in [-0.39, 0.29) is 0 Å². The lowest BCUT2D eigenvalue weighted by atomic mass is 10.1. The quantitative estimate of drug-likeness (QED) is 0.268. The van der Waals surface area contributed by atoms with Crippen molar-refractivity contribution in [2.75, 3.05) is 5.88 Å². The number of halogens is 1. The van der Waals surface area contributed by atoms with Crippen molar-refractivity contribution in [3.05, 3.63) is 0 Å². The van der Waals surface area contributed by atoms with Crippen LogP contribution in [0, 0.1) is 11.8 Å². The van der Waals surface area contributed by atoms with E-state index in [4.69, 9.17) is 11.6 Å². The van der Waals surface area contributed by atoms with E-state index in [1.165, 1.54) is 44.9 Å². The molecule has 0 bridgehead atoms. The molecular weight excluding hydrogens is 216 g/mol. The number of hydrogen-bond donors (Lipinski definition) is 0. The molecule has 16 heavy (non-hydrogen) atoms. The van der Waals surface area contributed by atoms with Crippen LogP contribution in [0.2, 0.25) is 0 Å². The summed E-state index contributed by atoms with van der Waals surface area (Å²) < 4.78 is 0. The van der Waals surface area contributed by atoms with Gasteiger partial charge in [0.05, 0.1) is 0 Å². The minimum Gasteiger partial charge on any atom is -0.127 e. The highest BCUT2D eigenvalue weighted by molar-refractivity contribution is 6.17. The molecule has 0 aromatic carbocycles. The Balaban J connectivity index is 3.02. The molecule has 0 aliphatic heterocycles. The first-order chi connectivity index (χ1) is 7.91. The van der Waals surface area contributed by atoms with Gasteiger partial charge < -0.3 is 0 Å². The van der Waals surface area contributed by atoms with Gasteiger partial charge in [0.15, 0.2) is 0 Å². The van der Waals surface area contributed by atoms with Gasteiger partial charge in [-0.3, -0.25) is 0 Å². The van der Waals surface area contributed by atoms with E-state index in [1.54, 1.807) is 0 Å². The minimum atomic E-state index is 0.777. The van der Waals surface area contributed by atoms with Crippen molar-refractivity contribution in [2.24, 2.45) is 0 Å². The average Bonchev–Trinajstić information content (AvgIpc) is 2.31. The molecule has 0 unspecified atom stereocenters. The summed E-state index contributed by atoms with van der Waals surface area (Å²) >= 11 is 5.59. The molecule has 0 aliphatic rings. The summed E-state index contributed by atoms with van der Waals surface area (Å²) in [4.78, 5) is 0. The van der Waals surface area contributed by atoms with Crippen molar-refractivity contribution in [1.82, 2.24) is 0 Å². The molecule has 94 valence electrons. The van der Waals surface area contributed by atoms with Crippen LogP contribution in [0.5, 0.6) is 0 Å². The van der Waals surface area contributed by atoms with Crippen molar-refractivity contribution in [3.63, 3.8) is 0 Å². The van der Waals surface area contributed by atoms with Crippen molar-refractivity contribution >= 4 is 11.6 Å². The normalized spacial score (nSPS) is 9.88. The summed E-state index contributed by atoms with van der Waals surface area (Å²) in [6.45, 7) is 2.26. The standard InChI is InChI=1S/C15H27Cl/c1-2-3-4-5-6-7-8-9-10-11-12-13-14-15-16/h2-9,12-15H2,1H3. The summed E-state index contributed by atoms with van der Waals surface area (Å²) in [6.07, 6.45) is 14.0. The van der Waals surface area contributed by atoms with Gasteiger partial charge in [0.2, 0.25) is 0 Å². The topological polar surface area (TPSA) is 0 Å². The maximum atomic E-state index is 5.59. The van der Waals surface area contributed by atoms with Gasteiger partial charge in [-0.25, -0.2) is 0 Å². The first kappa shape index (κ1) is 15.9. The van der Waals surface area contributed by atoms with Crippen LogP contribution in [0.3, 0.4) is 0 Å². The van der Waals surface area contributed by atoms with Crippen LogP contribution in [-0.2, 0) is 0 Å². The fourth-order valence-corrected chi connectivity index (χ4v) is 1.84. The zero-order valence-corrected chi connectivity index (χ0v) is 11.6. The van der Waals surface area contributed by atoms with Gasteiger partial charge >= 0.3 is 0 Å². The Labute approximate surface area is 107 Å². The maximum Gasteiger partial charge on any atom is 0.0223 e. The summed E-state index contributed by atoms with van der Waals surface area (Å²) in [6, 6.07) is 0.